The lowest BCUT2D eigenvalue weighted by Gasteiger charge is -2.46. The molecule has 4 heteroatoms. The monoisotopic (exact) mass is 1900 g/mol. The summed E-state index contributed by atoms with van der Waals surface area (Å²) in [6.07, 6.45) is 0. The van der Waals surface area contributed by atoms with E-state index < -0.39 is 21.7 Å². The summed E-state index contributed by atoms with van der Waals surface area (Å²) in [5, 5.41) is 0. The van der Waals surface area contributed by atoms with Crippen molar-refractivity contribution in [2.45, 2.75) is 77.0 Å². The van der Waals surface area contributed by atoms with Crippen LogP contribution in [0, 0.1) is 55.4 Å². The average molecular weight is 1900 g/mol. The Morgan fingerprint density at radius 2 is 0.270 bits per heavy atom. The van der Waals surface area contributed by atoms with Crippen LogP contribution in [0.5, 0.6) is 0 Å². The van der Waals surface area contributed by atoms with E-state index in [1.54, 1.807) is 0 Å². The van der Waals surface area contributed by atoms with Crippen LogP contribution in [0.3, 0.4) is 0 Å². The maximum Gasteiger partial charge on any atom is 0.0742 e. The van der Waals surface area contributed by atoms with Gasteiger partial charge >= 0.3 is 0 Å². The predicted molar refractivity (Wildman–Crippen MR) is 621 cm³/mol. The topological polar surface area (TPSA) is 13.0 Å². The second kappa shape index (κ2) is 40.0. The standard InChI is InChI=1S/C43H31N.C35H31N.2C33H27N/c1-4-14-32(15-5-1)34-24-28-36(29-25-34)43(37-30-26-35(27-31-37)33-16-6-2-7-17-33)39-20-10-12-22-41(39)44(38-18-8-3-9-19-38)42-23-13-11-21-40(42)43;1-24-9-16-28(17-10-24)35(29-18-11-25(2)12-19-29)31-7-5-6-8-33(31)36(30-20-13-26(3)14-21-30)34-22-15-27(4)23-32(34)35;1-24-17-20-28(21-18-24)34-31-16-10-9-15-29(31)33(26-11-5-3-6-12-26,27-13-7-4-8-14-27)30-23-25(2)19-22-32(30)34;1-24-16-20-26(21-17-24)33(27-22-18-25(2)19-23-27)29-12-6-8-14-31(29)34(28-10-4-3-5-11-28)32-15-9-7-13-30(32)33/h1-31H;5-23H,1-4H3;2*3-23H,1-2H3. The SMILES string of the molecule is Cc1ccc(C2(c3ccc(C)cc3)c3ccccc3N(c3ccccc3)c3ccccc32)cc1.Cc1ccc(N2c3ccccc3C(c3ccc(C)cc3)(c3ccc(C)cc3)c3cc(C)ccc32)cc1.Cc1ccc(N2c3ccccc3C(c3ccccc3)(c3ccccc3)c3cc(C)ccc32)cc1.c1ccc(-c2ccc(C3(c4ccc(-c5ccccc5)cc4)c4ccccc4N(c4ccccc4)c4ccccc43)cc2)cc1. The first-order valence-electron chi connectivity index (χ1n) is 51.7. The normalized spacial score (nSPS) is 13.6. The van der Waals surface area contributed by atoms with Crippen LogP contribution in [0.1, 0.15) is 134 Å². The van der Waals surface area contributed by atoms with E-state index in [9.17, 15) is 0 Å². The Bertz CT molecular complexity index is 8150. The van der Waals surface area contributed by atoms with Crippen molar-refractivity contribution in [2.24, 2.45) is 0 Å². The van der Waals surface area contributed by atoms with Gasteiger partial charge in [-0.25, -0.2) is 0 Å². The Morgan fingerprint density at radius 3 is 0.507 bits per heavy atom. The van der Waals surface area contributed by atoms with Crippen molar-refractivity contribution in [3.05, 3.63) is 692 Å². The lowest BCUT2D eigenvalue weighted by atomic mass is 9.62. The molecule has 0 amide bonds. The maximum absolute atomic E-state index is 2.43. The van der Waals surface area contributed by atoms with Crippen LogP contribution in [0.15, 0.2) is 558 Å². The summed E-state index contributed by atoms with van der Waals surface area (Å²) in [5.41, 5.74) is 48.2. The highest BCUT2D eigenvalue weighted by Gasteiger charge is 2.52. The van der Waals surface area contributed by atoms with E-state index >= 15 is 0 Å². The largest absolute Gasteiger partial charge is 0.310 e. The first-order valence-corrected chi connectivity index (χ1v) is 51.7. The second-order valence-corrected chi connectivity index (χ2v) is 39.9. The first-order chi connectivity index (χ1) is 72.7. The second-order valence-electron chi connectivity index (χ2n) is 39.9. The maximum atomic E-state index is 2.43. The van der Waals surface area contributed by atoms with Crippen LogP contribution in [-0.2, 0) is 21.7 Å². The number of rotatable bonds is 14. The molecule has 0 N–H and O–H groups in total. The smallest absolute Gasteiger partial charge is 0.0742 e. The van der Waals surface area contributed by atoms with Gasteiger partial charge in [0.1, 0.15) is 0 Å². The number of benzene rings is 22. The van der Waals surface area contributed by atoms with Crippen LogP contribution >= 0.6 is 0 Å². The molecule has 0 spiro atoms. The van der Waals surface area contributed by atoms with Crippen LogP contribution in [0.4, 0.5) is 68.2 Å². The molecule has 0 saturated heterocycles. The van der Waals surface area contributed by atoms with E-state index in [0.29, 0.717) is 0 Å². The van der Waals surface area contributed by atoms with Gasteiger partial charge in [-0.05, 0) is 264 Å². The van der Waals surface area contributed by atoms with Crippen LogP contribution in [0.25, 0.3) is 22.3 Å². The summed E-state index contributed by atoms with van der Waals surface area (Å²) in [7, 11) is 0. The molecule has 4 aliphatic heterocycles. The van der Waals surface area contributed by atoms with Gasteiger partial charge in [-0.3, -0.25) is 0 Å². The lowest BCUT2D eigenvalue weighted by molar-refractivity contribution is 0.729. The third-order valence-corrected chi connectivity index (χ3v) is 30.7. The Balaban J connectivity index is 0.000000109. The molecule has 4 nitrogen and oxygen atoms in total. The van der Waals surface area contributed by atoms with Gasteiger partial charge in [-0.2, -0.15) is 0 Å². The quantitative estimate of drug-likeness (QED) is 0.108. The van der Waals surface area contributed by atoms with Crippen molar-refractivity contribution in [2.75, 3.05) is 19.6 Å². The number of fused-ring (bicyclic) bond motifs is 8. The molecule has 4 heterocycles. The van der Waals surface area contributed by atoms with Gasteiger partial charge in [0.2, 0.25) is 0 Å². The molecule has 26 rings (SSSR count). The van der Waals surface area contributed by atoms with E-state index in [-0.39, 0.29) is 0 Å². The van der Waals surface area contributed by atoms with Gasteiger partial charge in [-0.15, -0.1) is 0 Å². The summed E-state index contributed by atoms with van der Waals surface area (Å²) >= 11 is 0. The van der Waals surface area contributed by atoms with Gasteiger partial charge in [0.25, 0.3) is 0 Å². The molecule has 22 aromatic carbocycles. The van der Waals surface area contributed by atoms with Crippen molar-refractivity contribution >= 4 is 68.2 Å². The number of hydrogen-bond donors (Lipinski definition) is 0. The number of anilines is 12. The van der Waals surface area contributed by atoms with Gasteiger partial charge in [0.15, 0.2) is 0 Å². The third-order valence-electron chi connectivity index (χ3n) is 30.7. The van der Waals surface area contributed by atoms with Crippen LogP contribution < -0.4 is 19.6 Å². The van der Waals surface area contributed by atoms with Crippen molar-refractivity contribution in [1.29, 1.82) is 0 Å². The molecule has 0 unspecified atom stereocenters. The van der Waals surface area contributed by atoms with E-state index in [1.165, 1.54) is 218 Å². The van der Waals surface area contributed by atoms with E-state index in [2.05, 4.69) is 633 Å². The fourth-order valence-electron chi connectivity index (χ4n) is 23.8. The number of nitrogens with zero attached hydrogens (tertiary/aromatic N) is 4. The molecule has 0 aromatic heterocycles. The highest BCUT2D eigenvalue weighted by Crippen LogP contribution is 2.64. The molecule has 0 bridgehead atoms. The van der Waals surface area contributed by atoms with Crippen molar-refractivity contribution in [1.82, 2.24) is 0 Å². The summed E-state index contributed by atoms with van der Waals surface area (Å²) in [6.45, 7) is 17.3. The van der Waals surface area contributed by atoms with E-state index in [0.717, 1.165) is 5.69 Å². The molecule has 0 saturated carbocycles. The van der Waals surface area contributed by atoms with Gasteiger partial charge in [0.05, 0.1) is 67.2 Å². The Hall–Kier alpha value is -18.0. The average Bonchev–Trinajstić information content (AvgIpc) is 0.691. The zero-order chi connectivity index (χ0) is 100. The van der Waals surface area contributed by atoms with Gasteiger partial charge < -0.3 is 19.6 Å². The minimum absolute atomic E-state index is 0.415. The molecule has 0 fully saturated rings. The molecule has 0 radical (unpaired) electrons. The zero-order valence-corrected chi connectivity index (χ0v) is 84.9. The van der Waals surface area contributed by atoms with Gasteiger partial charge in [0, 0.05) is 22.7 Å². The summed E-state index contributed by atoms with van der Waals surface area (Å²) < 4.78 is 0. The Labute approximate surface area is 872 Å². The predicted octanol–water partition coefficient (Wildman–Crippen LogP) is 37.2. The van der Waals surface area contributed by atoms with Crippen LogP contribution in [-0.4, -0.2) is 0 Å². The minimum Gasteiger partial charge on any atom is -0.310 e. The van der Waals surface area contributed by atoms with Crippen molar-refractivity contribution in [3.8, 4) is 22.3 Å². The van der Waals surface area contributed by atoms with Crippen molar-refractivity contribution in [3.63, 3.8) is 0 Å². The van der Waals surface area contributed by atoms with Gasteiger partial charge in [-0.1, -0.05) is 506 Å². The van der Waals surface area contributed by atoms with E-state index in [1.807, 2.05) is 0 Å². The number of hydrogen-bond acceptors (Lipinski definition) is 4. The summed E-state index contributed by atoms with van der Waals surface area (Å²) in [5.74, 6) is 0. The van der Waals surface area contributed by atoms with Crippen LogP contribution in [0.2, 0.25) is 0 Å². The minimum atomic E-state index is -0.525. The third kappa shape index (κ3) is 16.5. The fourth-order valence-corrected chi connectivity index (χ4v) is 23.8. The highest BCUT2D eigenvalue weighted by atomic mass is 15.2. The number of aryl methyl sites for hydroxylation is 8. The lowest BCUT2D eigenvalue weighted by Crippen LogP contribution is -2.37. The fraction of sp³-hybridized carbons (Fsp3) is 0.0833. The summed E-state index contributed by atoms with van der Waals surface area (Å²) in [6, 6.07) is 205. The molecule has 0 atom stereocenters. The molecule has 712 valence electrons. The highest BCUT2D eigenvalue weighted by molar-refractivity contribution is 5.95. The Morgan fingerprint density at radius 1 is 0.115 bits per heavy atom. The molecule has 148 heavy (non-hydrogen) atoms. The molecular weight excluding hydrogens is 1790 g/mol. The van der Waals surface area contributed by atoms with E-state index in [4.69, 9.17) is 0 Å². The molecule has 4 aliphatic rings. The molecule has 22 aromatic rings. The number of para-hydroxylation sites is 8. The summed E-state index contributed by atoms with van der Waals surface area (Å²) in [4.78, 5) is 9.68. The molecular formula is C144H116N4. The molecule has 0 aliphatic carbocycles. The zero-order valence-electron chi connectivity index (χ0n) is 84.9. The first kappa shape index (κ1) is 93.7. The Kier molecular flexibility index (Phi) is 25.3. The van der Waals surface area contributed by atoms with Crippen molar-refractivity contribution < 1.29 is 0 Å².